The first kappa shape index (κ1) is 13.0. The van der Waals surface area contributed by atoms with E-state index in [0.717, 1.165) is 27.1 Å². The second-order valence-corrected chi connectivity index (χ2v) is 5.99. The van der Waals surface area contributed by atoms with Gasteiger partial charge in [0.2, 0.25) is 0 Å². The van der Waals surface area contributed by atoms with Gasteiger partial charge in [0.1, 0.15) is 0 Å². The van der Waals surface area contributed by atoms with Crippen molar-refractivity contribution in [2.45, 2.75) is 32.0 Å². The van der Waals surface area contributed by atoms with Crippen molar-refractivity contribution in [3.63, 3.8) is 0 Å². The minimum Gasteiger partial charge on any atom is -0.380 e. The minimum absolute atomic E-state index is 0.423. The Hall–Kier alpha value is -1.04. The molecule has 0 saturated heterocycles. The van der Waals surface area contributed by atoms with Crippen LogP contribution in [0.4, 0.5) is 8.78 Å². The van der Waals surface area contributed by atoms with Crippen LogP contribution in [0.2, 0.25) is 0 Å². The maximum absolute atomic E-state index is 13.4. The van der Waals surface area contributed by atoms with Gasteiger partial charge in [0.15, 0.2) is 11.6 Å². The summed E-state index contributed by atoms with van der Waals surface area (Å²) in [6.07, 6.45) is 2.43. The molecule has 1 fully saturated rings. The lowest BCUT2D eigenvalue weighted by molar-refractivity contribution is 0.185. The van der Waals surface area contributed by atoms with Crippen LogP contribution in [0, 0.1) is 11.6 Å². The molecule has 0 aliphatic heterocycles. The highest BCUT2D eigenvalue weighted by molar-refractivity contribution is 7.19. The molecular weight excluding hydrogens is 268 g/mol. The van der Waals surface area contributed by atoms with Crippen molar-refractivity contribution in [1.29, 1.82) is 0 Å². The second-order valence-electron chi connectivity index (χ2n) is 4.85. The number of fused-ring (bicyclic) bond motifs is 1. The van der Waals surface area contributed by atoms with Crippen LogP contribution in [0.25, 0.3) is 10.1 Å². The molecule has 0 amide bonds. The summed E-state index contributed by atoms with van der Waals surface area (Å²) < 4.78 is 32.6. The minimum atomic E-state index is -0.802. The first-order valence-corrected chi connectivity index (χ1v) is 7.12. The molecule has 5 heteroatoms. The molecule has 0 bridgehead atoms. The molecule has 0 radical (unpaired) electrons. The highest BCUT2D eigenvalue weighted by Crippen LogP contribution is 2.34. The summed E-state index contributed by atoms with van der Waals surface area (Å²) in [5, 5.41) is 4.19. The van der Waals surface area contributed by atoms with Crippen LogP contribution in [0.3, 0.4) is 0 Å². The summed E-state index contributed by atoms with van der Waals surface area (Å²) in [5.74, 6) is -1.59. The smallest absolute Gasteiger partial charge is 0.160 e. The van der Waals surface area contributed by atoms with Gasteiger partial charge in [-0.1, -0.05) is 0 Å². The van der Waals surface area contributed by atoms with Crippen molar-refractivity contribution in [2.75, 3.05) is 7.11 Å². The Bertz CT molecular complexity index is 607. The van der Waals surface area contributed by atoms with Crippen molar-refractivity contribution in [2.24, 2.45) is 0 Å². The fraction of sp³-hybridized carbons (Fsp3) is 0.429. The number of benzene rings is 1. The SMILES string of the molecule is COCc1c(CNC2CC2)sc2cc(F)c(F)cc12. The van der Waals surface area contributed by atoms with E-state index in [1.807, 2.05) is 0 Å². The second kappa shape index (κ2) is 5.15. The summed E-state index contributed by atoms with van der Waals surface area (Å²) in [5.41, 5.74) is 0.967. The third-order valence-corrected chi connectivity index (χ3v) is 4.53. The summed E-state index contributed by atoms with van der Waals surface area (Å²) in [6.45, 7) is 1.17. The normalized spacial score (nSPS) is 15.3. The van der Waals surface area contributed by atoms with Crippen molar-refractivity contribution in [1.82, 2.24) is 5.32 Å². The van der Waals surface area contributed by atoms with Crippen LogP contribution in [-0.4, -0.2) is 13.2 Å². The van der Waals surface area contributed by atoms with E-state index < -0.39 is 11.6 Å². The van der Waals surface area contributed by atoms with Gasteiger partial charge < -0.3 is 10.1 Å². The molecule has 0 unspecified atom stereocenters. The Morgan fingerprint density at radius 2 is 2.05 bits per heavy atom. The van der Waals surface area contributed by atoms with Crippen LogP contribution in [0.15, 0.2) is 12.1 Å². The zero-order valence-electron chi connectivity index (χ0n) is 10.6. The molecule has 1 N–H and O–H groups in total. The average molecular weight is 283 g/mol. The van der Waals surface area contributed by atoms with E-state index in [9.17, 15) is 8.78 Å². The summed E-state index contributed by atoms with van der Waals surface area (Å²) in [6, 6.07) is 3.15. The van der Waals surface area contributed by atoms with E-state index in [2.05, 4.69) is 5.32 Å². The largest absolute Gasteiger partial charge is 0.380 e. The number of ether oxygens (including phenoxy) is 1. The Labute approximate surface area is 114 Å². The van der Waals surface area contributed by atoms with Crippen LogP contribution in [-0.2, 0) is 17.9 Å². The van der Waals surface area contributed by atoms with Crippen LogP contribution >= 0.6 is 11.3 Å². The van der Waals surface area contributed by atoms with Gasteiger partial charge in [-0.25, -0.2) is 8.78 Å². The Morgan fingerprint density at radius 3 is 2.74 bits per heavy atom. The predicted octanol–water partition coefficient (Wildman–Crippen LogP) is 3.58. The number of hydrogen-bond acceptors (Lipinski definition) is 3. The maximum Gasteiger partial charge on any atom is 0.160 e. The van der Waals surface area contributed by atoms with Crippen molar-refractivity contribution >= 4 is 21.4 Å². The zero-order chi connectivity index (χ0) is 13.4. The average Bonchev–Trinajstić information content (AvgIpc) is 3.15. The van der Waals surface area contributed by atoms with Gasteiger partial charge in [0.25, 0.3) is 0 Å². The number of halogens is 2. The van der Waals surface area contributed by atoms with Crippen LogP contribution in [0.1, 0.15) is 23.3 Å². The van der Waals surface area contributed by atoms with Gasteiger partial charge in [0, 0.05) is 40.2 Å². The highest BCUT2D eigenvalue weighted by Gasteiger charge is 2.22. The number of nitrogens with one attached hydrogen (secondary N) is 1. The molecule has 0 spiro atoms. The van der Waals surface area contributed by atoms with E-state index in [4.69, 9.17) is 4.74 Å². The van der Waals surface area contributed by atoms with E-state index in [-0.39, 0.29) is 0 Å². The highest BCUT2D eigenvalue weighted by atomic mass is 32.1. The summed E-state index contributed by atoms with van der Waals surface area (Å²) >= 11 is 1.51. The van der Waals surface area contributed by atoms with Gasteiger partial charge in [-0.05, 0) is 25.0 Å². The number of thiophene rings is 1. The Morgan fingerprint density at radius 1 is 1.32 bits per heavy atom. The van der Waals surface area contributed by atoms with Gasteiger partial charge in [-0.3, -0.25) is 0 Å². The molecule has 1 aliphatic carbocycles. The fourth-order valence-corrected chi connectivity index (χ4v) is 3.33. The molecule has 2 aromatic rings. The lowest BCUT2D eigenvalue weighted by Crippen LogP contribution is -2.15. The monoisotopic (exact) mass is 283 g/mol. The van der Waals surface area contributed by atoms with E-state index in [1.54, 1.807) is 7.11 Å². The third-order valence-electron chi connectivity index (χ3n) is 3.33. The first-order chi connectivity index (χ1) is 9.19. The van der Waals surface area contributed by atoms with E-state index in [0.29, 0.717) is 12.6 Å². The predicted molar refractivity (Wildman–Crippen MR) is 72.3 cm³/mol. The first-order valence-electron chi connectivity index (χ1n) is 6.30. The molecule has 0 atom stereocenters. The molecular formula is C14H15F2NOS. The molecule has 2 nitrogen and oxygen atoms in total. The molecule has 1 aromatic heterocycles. The van der Waals surface area contributed by atoms with Gasteiger partial charge >= 0.3 is 0 Å². The molecule has 1 aliphatic rings. The molecule has 102 valence electrons. The summed E-state index contributed by atoms with van der Waals surface area (Å²) in [4.78, 5) is 1.11. The van der Waals surface area contributed by atoms with Gasteiger partial charge in [0.05, 0.1) is 6.61 Å². The quantitative estimate of drug-likeness (QED) is 0.905. The van der Waals surface area contributed by atoms with Crippen LogP contribution in [0.5, 0.6) is 0 Å². The van der Waals surface area contributed by atoms with Crippen molar-refractivity contribution in [3.05, 3.63) is 34.2 Å². The third kappa shape index (κ3) is 2.63. The molecule has 1 aromatic carbocycles. The van der Waals surface area contributed by atoms with E-state index in [1.165, 1.54) is 36.3 Å². The number of hydrogen-bond donors (Lipinski definition) is 1. The standard InChI is InChI=1S/C14H15F2NOS/c1-18-7-10-9-4-11(15)12(16)5-13(9)19-14(10)6-17-8-2-3-8/h4-5,8,17H,2-3,6-7H2,1H3. The molecule has 1 saturated carbocycles. The van der Waals surface area contributed by atoms with Gasteiger partial charge in [-0.15, -0.1) is 11.3 Å². The zero-order valence-corrected chi connectivity index (χ0v) is 11.4. The Kier molecular flexibility index (Phi) is 3.52. The topological polar surface area (TPSA) is 21.3 Å². The lowest BCUT2D eigenvalue weighted by Gasteiger charge is -2.04. The fourth-order valence-electron chi connectivity index (χ4n) is 2.16. The van der Waals surface area contributed by atoms with Crippen molar-refractivity contribution in [3.8, 4) is 0 Å². The number of rotatable bonds is 5. The van der Waals surface area contributed by atoms with E-state index >= 15 is 0 Å². The maximum atomic E-state index is 13.4. The molecule has 19 heavy (non-hydrogen) atoms. The van der Waals surface area contributed by atoms with Crippen LogP contribution < -0.4 is 5.32 Å². The lowest BCUT2D eigenvalue weighted by atomic mass is 10.1. The summed E-state index contributed by atoms with van der Waals surface area (Å²) in [7, 11) is 1.61. The molecule has 3 rings (SSSR count). The van der Waals surface area contributed by atoms with Crippen molar-refractivity contribution < 1.29 is 13.5 Å². The molecule has 1 heterocycles. The van der Waals surface area contributed by atoms with Gasteiger partial charge in [-0.2, -0.15) is 0 Å². The Balaban J connectivity index is 2.00. The number of methoxy groups -OCH3 is 1.